The van der Waals surface area contributed by atoms with Crippen molar-refractivity contribution in [3.05, 3.63) is 0 Å². The van der Waals surface area contributed by atoms with E-state index >= 15 is 0 Å². The van der Waals surface area contributed by atoms with Crippen LogP contribution in [0.15, 0.2) is 0 Å². The van der Waals surface area contributed by atoms with Crippen molar-refractivity contribution in [1.82, 2.24) is 0 Å². The third-order valence-corrected chi connectivity index (χ3v) is 7.44. The van der Waals surface area contributed by atoms with Gasteiger partial charge in [0.25, 0.3) is 0 Å². The van der Waals surface area contributed by atoms with E-state index in [1.54, 1.807) is 0 Å². The Balaban J connectivity index is 1.80. The number of aliphatic hydroxyl groups excluding tert-OH is 2. The number of fused-ring (bicyclic) bond motifs is 1. The Kier molecular flexibility index (Phi) is 6.14. The molecule has 0 aromatic heterocycles. The molecule has 6 atom stereocenters. The lowest BCUT2D eigenvalue weighted by Crippen LogP contribution is -2.64. The van der Waals surface area contributed by atoms with Crippen LogP contribution >= 0.6 is 0 Å². The van der Waals surface area contributed by atoms with Gasteiger partial charge < -0.3 is 10.2 Å². The maximum atomic E-state index is 12.9. The molecule has 3 aliphatic carbocycles. The Bertz CT molecular complexity index is 566. The Labute approximate surface area is 158 Å². The van der Waals surface area contributed by atoms with Crippen molar-refractivity contribution in [3.63, 3.8) is 0 Å². The Morgan fingerprint density at radius 2 is 1.88 bits per heavy atom. The van der Waals surface area contributed by atoms with Gasteiger partial charge in [-0.05, 0) is 56.3 Å². The van der Waals surface area contributed by atoms with Crippen molar-refractivity contribution in [2.24, 2.45) is 35.0 Å². The van der Waals surface area contributed by atoms with Crippen LogP contribution in [0.3, 0.4) is 0 Å². The normalized spacial score (nSPS) is 38.9. The first-order chi connectivity index (χ1) is 12.4. The summed E-state index contributed by atoms with van der Waals surface area (Å²) in [4.78, 5) is 12.9. The molecule has 0 heterocycles. The molecule has 3 fully saturated rings. The number of ketones is 1. The van der Waals surface area contributed by atoms with Crippen LogP contribution in [0.1, 0.15) is 78.6 Å². The molecule has 0 radical (unpaired) electrons. The first-order valence-electron chi connectivity index (χ1n) is 10.8. The average molecular weight is 361 g/mol. The molecule has 0 aliphatic heterocycles. The van der Waals surface area contributed by atoms with Crippen LogP contribution in [0.5, 0.6) is 0 Å². The van der Waals surface area contributed by atoms with E-state index in [1.807, 2.05) is 0 Å². The van der Waals surface area contributed by atoms with Gasteiger partial charge in [-0.15, -0.1) is 0 Å². The monoisotopic (exact) mass is 360 g/mol. The van der Waals surface area contributed by atoms with E-state index in [1.165, 1.54) is 19.3 Å². The van der Waals surface area contributed by atoms with Gasteiger partial charge in [0.1, 0.15) is 11.9 Å². The number of carbonyl (C=O) groups excluding carboxylic acids is 1. The molecular weight excluding hydrogens is 324 g/mol. The van der Waals surface area contributed by atoms with E-state index in [9.17, 15) is 15.0 Å². The average Bonchev–Trinajstić information content (AvgIpc) is 2.65. The summed E-state index contributed by atoms with van der Waals surface area (Å²) in [6.45, 7) is 6.42. The number of carbonyl (C=O) groups is 1. The third kappa shape index (κ3) is 3.48. The van der Waals surface area contributed by atoms with Gasteiger partial charge >= 0.3 is 0 Å². The van der Waals surface area contributed by atoms with Crippen LogP contribution in [0, 0.1) is 46.8 Å². The fourth-order valence-corrected chi connectivity index (χ4v) is 5.98. The lowest BCUT2D eigenvalue weighted by atomic mass is 9.42. The van der Waals surface area contributed by atoms with Gasteiger partial charge in [-0.3, -0.25) is 4.79 Å². The number of Topliss-reactive ketones (excluding diaryl/α,β-unsaturated/α-hetero) is 1. The minimum absolute atomic E-state index is 0.0380. The van der Waals surface area contributed by atoms with E-state index in [-0.39, 0.29) is 29.1 Å². The zero-order chi connectivity index (χ0) is 18.9. The highest BCUT2D eigenvalue weighted by Crippen LogP contribution is 2.61. The quantitative estimate of drug-likeness (QED) is 0.746. The van der Waals surface area contributed by atoms with Crippen LogP contribution < -0.4 is 0 Å². The highest BCUT2D eigenvalue weighted by molar-refractivity contribution is 5.94. The van der Waals surface area contributed by atoms with E-state index < -0.39 is 12.2 Å². The van der Waals surface area contributed by atoms with Gasteiger partial charge in [0.2, 0.25) is 0 Å². The van der Waals surface area contributed by atoms with Crippen LogP contribution in [0.25, 0.3) is 0 Å². The standard InChI is InChI=1S/C23H36O3/c1-4-23-13-12-20(25)17(21(23)18(22(23)26)14-15(2)3)10-11-19(24)16-8-6-5-7-9-16/h15-21,24-25H,4-9,12-14H2,1-3H3/t17-,18?,19+,20+,21-,23-/m0/s1. The molecule has 146 valence electrons. The van der Waals surface area contributed by atoms with Gasteiger partial charge in [-0.1, -0.05) is 51.9 Å². The summed E-state index contributed by atoms with van der Waals surface area (Å²) in [7, 11) is 0. The SMILES string of the molecule is CC[C@]12CC[C@@H](O)[C@H](C#C[C@@H](O)C3CCCCC3)[C@H]1C(CC(C)C)C2=O. The molecule has 1 unspecified atom stereocenters. The zero-order valence-electron chi connectivity index (χ0n) is 16.7. The van der Waals surface area contributed by atoms with E-state index in [2.05, 4.69) is 32.6 Å². The highest BCUT2D eigenvalue weighted by atomic mass is 16.3. The van der Waals surface area contributed by atoms with E-state index in [0.29, 0.717) is 18.1 Å². The molecule has 0 bridgehead atoms. The summed E-state index contributed by atoms with van der Waals surface area (Å²) in [5, 5.41) is 21.2. The molecule has 26 heavy (non-hydrogen) atoms. The largest absolute Gasteiger partial charge is 0.392 e. The Morgan fingerprint density at radius 3 is 2.50 bits per heavy atom. The molecule has 0 amide bonds. The predicted octanol–water partition coefficient (Wildman–Crippen LogP) is 3.96. The molecule has 3 nitrogen and oxygen atoms in total. The van der Waals surface area contributed by atoms with E-state index in [0.717, 1.165) is 32.1 Å². The number of hydrogen-bond acceptors (Lipinski definition) is 3. The van der Waals surface area contributed by atoms with Gasteiger partial charge in [0.05, 0.1) is 12.0 Å². The van der Waals surface area contributed by atoms with Crippen LogP contribution in [-0.4, -0.2) is 28.2 Å². The highest BCUT2D eigenvalue weighted by Gasteiger charge is 2.65. The van der Waals surface area contributed by atoms with Gasteiger partial charge in [0.15, 0.2) is 0 Å². The van der Waals surface area contributed by atoms with Gasteiger partial charge in [-0.25, -0.2) is 0 Å². The number of rotatable bonds is 4. The summed E-state index contributed by atoms with van der Waals surface area (Å²) >= 11 is 0. The second-order valence-electron chi connectivity index (χ2n) is 9.40. The molecule has 3 saturated carbocycles. The second kappa shape index (κ2) is 8.03. The van der Waals surface area contributed by atoms with Crippen LogP contribution in [0.2, 0.25) is 0 Å². The molecule has 3 heteroatoms. The lowest BCUT2D eigenvalue weighted by Gasteiger charge is -2.59. The molecule has 0 saturated heterocycles. The van der Waals surface area contributed by atoms with Gasteiger partial charge in [-0.2, -0.15) is 0 Å². The Morgan fingerprint density at radius 1 is 1.19 bits per heavy atom. The first-order valence-corrected chi connectivity index (χ1v) is 10.8. The maximum Gasteiger partial charge on any atom is 0.142 e. The van der Waals surface area contributed by atoms with Crippen molar-refractivity contribution in [2.45, 2.75) is 90.8 Å². The van der Waals surface area contributed by atoms with Crippen molar-refractivity contribution in [3.8, 4) is 11.8 Å². The van der Waals surface area contributed by atoms with Crippen molar-refractivity contribution in [2.75, 3.05) is 0 Å². The van der Waals surface area contributed by atoms with Crippen molar-refractivity contribution in [1.29, 1.82) is 0 Å². The summed E-state index contributed by atoms with van der Waals surface area (Å²) in [5.41, 5.74) is -0.270. The Hall–Kier alpha value is -0.850. The predicted molar refractivity (Wildman–Crippen MR) is 103 cm³/mol. The molecule has 0 aromatic carbocycles. The molecule has 0 spiro atoms. The van der Waals surface area contributed by atoms with Crippen molar-refractivity contribution >= 4 is 5.78 Å². The molecule has 2 N–H and O–H groups in total. The summed E-state index contributed by atoms with van der Waals surface area (Å²) in [6, 6.07) is 0. The third-order valence-electron chi connectivity index (χ3n) is 7.44. The zero-order valence-corrected chi connectivity index (χ0v) is 16.7. The molecular formula is C23H36O3. The van der Waals surface area contributed by atoms with Crippen molar-refractivity contribution < 1.29 is 15.0 Å². The number of aliphatic hydroxyl groups is 2. The summed E-state index contributed by atoms with van der Waals surface area (Å²) < 4.78 is 0. The fraction of sp³-hybridized carbons (Fsp3) is 0.870. The first kappa shape index (κ1) is 19.9. The minimum Gasteiger partial charge on any atom is -0.392 e. The second-order valence-corrected chi connectivity index (χ2v) is 9.40. The summed E-state index contributed by atoms with van der Waals surface area (Å²) in [5.74, 6) is 7.58. The molecule has 0 aromatic rings. The van der Waals surface area contributed by atoms with Crippen LogP contribution in [-0.2, 0) is 4.79 Å². The summed E-state index contributed by atoms with van der Waals surface area (Å²) in [6.07, 6.45) is 7.88. The molecule has 3 aliphatic rings. The number of hydrogen-bond donors (Lipinski definition) is 2. The van der Waals surface area contributed by atoms with E-state index in [4.69, 9.17) is 0 Å². The topological polar surface area (TPSA) is 57.5 Å². The molecule has 3 rings (SSSR count). The lowest BCUT2D eigenvalue weighted by molar-refractivity contribution is -0.177. The smallest absolute Gasteiger partial charge is 0.142 e. The van der Waals surface area contributed by atoms with Crippen LogP contribution in [0.4, 0.5) is 0 Å². The minimum atomic E-state index is -0.584. The maximum absolute atomic E-state index is 12.9. The van der Waals surface area contributed by atoms with Gasteiger partial charge in [0, 0.05) is 11.3 Å². The fourth-order valence-electron chi connectivity index (χ4n) is 5.98.